The van der Waals surface area contributed by atoms with E-state index in [9.17, 15) is 0 Å². The molecule has 1 aromatic carbocycles. The first-order chi connectivity index (χ1) is 16.7. The van der Waals surface area contributed by atoms with Crippen molar-refractivity contribution >= 4 is 0 Å². The van der Waals surface area contributed by atoms with Gasteiger partial charge in [-0.25, -0.2) is 0 Å². The normalized spacial score (nSPS) is 43.7. The smallest absolute Gasteiger partial charge is 0.210 e. The third-order valence-electron chi connectivity index (χ3n) is 9.82. The van der Waals surface area contributed by atoms with E-state index in [0.29, 0.717) is 17.8 Å². The lowest BCUT2D eigenvalue weighted by Crippen LogP contribution is -2.59. The van der Waals surface area contributed by atoms with E-state index in [1.165, 1.54) is 37.7 Å². The predicted octanol–water partition coefficient (Wildman–Crippen LogP) is 4.88. The molecular weight excluding hydrogens is 430 g/mol. The molecule has 7 aliphatic rings. The second-order valence-electron chi connectivity index (χ2n) is 11.8. The Morgan fingerprint density at radius 3 is 2.32 bits per heavy atom. The molecule has 1 aromatic rings. The van der Waals surface area contributed by atoms with Crippen LogP contribution in [-0.2, 0) is 19.2 Å². The molecular formula is C28H39NO5. The summed E-state index contributed by atoms with van der Waals surface area (Å²) in [6.45, 7) is 5.35. The minimum absolute atomic E-state index is 0.458. The van der Waals surface area contributed by atoms with Gasteiger partial charge in [-0.05, 0) is 74.3 Å². The van der Waals surface area contributed by atoms with E-state index < -0.39 is 11.6 Å². The maximum atomic E-state index is 6.91. The molecule has 6 nitrogen and oxygen atoms in total. The van der Waals surface area contributed by atoms with Crippen LogP contribution >= 0.6 is 0 Å². The minimum Gasteiger partial charge on any atom is -0.492 e. The van der Waals surface area contributed by atoms with Crippen molar-refractivity contribution < 1.29 is 24.0 Å². The summed E-state index contributed by atoms with van der Waals surface area (Å²) in [6.07, 6.45) is 10.4. The number of ether oxygens (including phenoxy) is 3. The Balaban J connectivity index is 0.985. The van der Waals surface area contributed by atoms with Gasteiger partial charge in [0.05, 0.1) is 13.2 Å². The minimum atomic E-state index is -0.544. The second kappa shape index (κ2) is 8.74. The van der Waals surface area contributed by atoms with E-state index in [1.54, 1.807) is 0 Å². The fourth-order valence-electron chi connectivity index (χ4n) is 8.22. The van der Waals surface area contributed by atoms with Crippen LogP contribution in [0.25, 0.3) is 0 Å². The third-order valence-corrected chi connectivity index (χ3v) is 9.82. The molecule has 0 atom stereocenters. The fraction of sp³-hybridized carbons (Fsp3) is 0.786. The number of hydrogen-bond acceptors (Lipinski definition) is 6. The van der Waals surface area contributed by atoms with Crippen molar-refractivity contribution in [2.24, 2.45) is 23.7 Å². The predicted molar refractivity (Wildman–Crippen MR) is 126 cm³/mol. The number of rotatable bonds is 5. The van der Waals surface area contributed by atoms with Gasteiger partial charge in [0.2, 0.25) is 11.6 Å². The molecule has 2 aliphatic heterocycles. The van der Waals surface area contributed by atoms with Crippen LogP contribution in [0.15, 0.2) is 24.3 Å². The number of hydrogen-bond donors (Lipinski definition) is 0. The fourth-order valence-corrected chi connectivity index (χ4v) is 8.22. The zero-order chi connectivity index (χ0) is 22.6. The third kappa shape index (κ3) is 3.81. The van der Waals surface area contributed by atoms with Crippen LogP contribution in [0, 0.1) is 23.7 Å². The van der Waals surface area contributed by atoms with Crippen LogP contribution in [0.3, 0.4) is 0 Å². The first-order valence-electron chi connectivity index (χ1n) is 13.8. The molecule has 5 aliphatic carbocycles. The standard InChI is InChI=1S/C28H39NO5/c1-2-4-26(31-14-11-29-9-12-30-13-10-29)25(3-1)22-5-7-27(8-6-22)32-28(34-33-27)23-16-20-15-21(18-23)19-24(28)17-20/h1-4,20-24H,5-19H2. The van der Waals surface area contributed by atoms with Gasteiger partial charge in [0.15, 0.2) is 0 Å². The first-order valence-corrected chi connectivity index (χ1v) is 13.8. The molecule has 2 saturated heterocycles. The summed E-state index contributed by atoms with van der Waals surface area (Å²) in [5, 5.41) is 0. The van der Waals surface area contributed by atoms with Crippen LogP contribution in [-0.4, -0.2) is 55.9 Å². The summed E-state index contributed by atoms with van der Waals surface area (Å²) in [5.74, 6) is 3.37. The van der Waals surface area contributed by atoms with Crippen LogP contribution in [0.4, 0.5) is 0 Å². The van der Waals surface area contributed by atoms with Crippen molar-refractivity contribution in [2.45, 2.75) is 75.3 Å². The average molecular weight is 470 g/mol. The summed E-state index contributed by atoms with van der Waals surface area (Å²) < 4.78 is 18.7. The lowest BCUT2D eigenvalue weighted by atomic mass is 9.53. The van der Waals surface area contributed by atoms with Gasteiger partial charge >= 0.3 is 0 Å². The summed E-state index contributed by atoms with van der Waals surface area (Å²) in [6, 6.07) is 8.61. The van der Waals surface area contributed by atoms with Crippen molar-refractivity contribution in [1.82, 2.24) is 4.90 Å². The van der Waals surface area contributed by atoms with Crippen molar-refractivity contribution in [1.29, 1.82) is 0 Å². The Labute approximate surface area is 203 Å². The van der Waals surface area contributed by atoms with Gasteiger partial charge in [-0.1, -0.05) is 18.2 Å². The SMILES string of the molecule is c1ccc(C2CCC3(CC2)OOC2(O3)C3CC4CC(C3)CC2C4)c(OCCN2CCOCC2)c1. The summed E-state index contributed by atoms with van der Waals surface area (Å²) in [4.78, 5) is 14.8. The molecule has 2 heterocycles. The number of para-hydroxylation sites is 1. The summed E-state index contributed by atoms with van der Waals surface area (Å²) in [7, 11) is 0. The van der Waals surface area contributed by atoms with Gasteiger partial charge in [0.1, 0.15) is 12.4 Å². The van der Waals surface area contributed by atoms with Crippen LogP contribution < -0.4 is 4.74 Å². The molecule has 4 bridgehead atoms. The highest BCUT2D eigenvalue weighted by Gasteiger charge is 2.66. The molecule has 5 saturated carbocycles. The van der Waals surface area contributed by atoms with Crippen molar-refractivity contribution in [3.05, 3.63) is 29.8 Å². The van der Waals surface area contributed by atoms with Gasteiger partial charge in [-0.2, -0.15) is 9.78 Å². The van der Waals surface area contributed by atoms with E-state index in [-0.39, 0.29) is 0 Å². The maximum absolute atomic E-state index is 6.91. The molecule has 0 N–H and O–H groups in total. The average Bonchev–Trinajstić information content (AvgIpc) is 3.24. The molecule has 6 heteroatoms. The first kappa shape index (κ1) is 22.1. The van der Waals surface area contributed by atoms with Gasteiger partial charge in [-0.3, -0.25) is 4.90 Å². The Kier molecular flexibility index (Phi) is 5.67. The van der Waals surface area contributed by atoms with Crippen molar-refractivity contribution in [3.63, 3.8) is 0 Å². The number of morpholine rings is 1. The van der Waals surface area contributed by atoms with E-state index in [1.807, 2.05) is 0 Å². The zero-order valence-electron chi connectivity index (χ0n) is 20.3. The highest BCUT2D eigenvalue weighted by molar-refractivity contribution is 5.36. The second-order valence-corrected chi connectivity index (χ2v) is 11.8. The van der Waals surface area contributed by atoms with Crippen LogP contribution in [0.1, 0.15) is 69.3 Å². The van der Waals surface area contributed by atoms with Crippen LogP contribution in [0.5, 0.6) is 5.75 Å². The summed E-state index contributed by atoms with van der Waals surface area (Å²) >= 11 is 0. The van der Waals surface area contributed by atoms with Gasteiger partial charge < -0.3 is 14.2 Å². The highest BCUT2D eigenvalue weighted by atomic mass is 17.3. The molecule has 0 radical (unpaired) electrons. The Morgan fingerprint density at radius 1 is 0.882 bits per heavy atom. The quantitative estimate of drug-likeness (QED) is 0.573. The lowest BCUT2D eigenvalue weighted by molar-refractivity contribution is -0.390. The molecule has 0 unspecified atom stereocenters. The molecule has 0 amide bonds. The largest absolute Gasteiger partial charge is 0.492 e. The van der Waals surface area contributed by atoms with E-state index in [0.717, 1.165) is 82.7 Å². The van der Waals surface area contributed by atoms with Gasteiger partial charge in [-0.15, -0.1) is 0 Å². The molecule has 0 aromatic heterocycles. The Bertz CT molecular complexity index is 847. The van der Waals surface area contributed by atoms with Gasteiger partial charge in [0, 0.05) is 44.3 Å². The number of benzene rings is 1. The monoisotopic (exact) mass is 469 g/mol. The number of nitrogens with zero attached hydrogens (tertiary/aromatic N) is 1. The van der Waals surface area contributed by atoms with Gasteiger partial charge in [0.25, 0.3) is 0 Å². The Hall–Kier alpha value is -1.18. The molecule has 7 fully saturated rings. The topological polar surface area (TPSA) is 49.4 Å². The highest BCUT2D eigenvalue weighted by Crippen LogP contribution is 2.64. The maximum Gasteiger partial charge on any atom is 0.210 e. The molecule has 34 heavy (non-hydrogen) atoms. The van der Waals surface area contributed by atoms with Crippen molar-refractivity contribution in [3.8, 4) is 5.75 Å². The summed E-state index contributed by atoms with van der Waals surface area (Å²) in [5.41, 5.74) is 1.34. The lowest BCUT2D eigenvalue weighted by Gasteiger charge is -2.57. The molecule has 2 spiro atoms. The van der Waals surface area contributed by atoms with E-state index in [2.05, 4.69) is 29.2 Å². The van der Waals surface area contributed by atoms with Crippen LogP contribution in [0.2, 0.25) is 0 Å². The molecule has 186 valence electrons. The zero-order valence-corrected chi connectivity index (χ0v) is 20.3. The van der Waals surface area contributed by atoms with Crippen molar-refractivity contribution in [2.75, 3.05) is 39.5 Å². The Morgan fingerprint density at radius 2 is 1.59 bits per heavy atom. The van der Waals surface area contributed by atoms with E-state index in [4.69, 9.17) is 24.0 Å². The molecule has 8 rings (SSSR count). The van der Waals surface area contributed by atoms with E-state index >= 15 is 0 Å².